The SMILES string of the molecule is CC(C)N(C)S(=O)(=O)c1ccc(NC(=O)COc2ccc([N+](=O)[O-])cc2F)cc1. The molecule has 0 radical (unpaired) electrons. The first-order valence-corrected chi connectivity index (χ1v) is 9.91. The second-order valence-electron chi connectivity index (χ2n) is 6.35. The molecule has 0 heterocycles. The Balaban J connectivity index is 1.99. The highest BCUT2D eigenvalue weighted by atomic mass is 32.2. The van der Waals surface area contributed by atoms with E-state index in [-0.39, 0.29) is 16.7 Å². The first kappa shape index (κ1) is 22.2. The predicted octanol–water partition coefficient (Wildman–Crippen LogP) is 2.78. The molecule has 0 aliphatic rings. The van der Waals surface area contributed by atoms with E-state index in [1.54, 1.807) is 13.8 Å². The van der Waals surface area contributed by atoms with Crippen molar-refractivity contribution < 1.29 is 27.3 Å². The monoisotopic (exact) mass is 425 g/mol. The molecule has 1 N–H and O–H groups in total. The molecule has 156 valence electrons. The maximum absolute atomic E-state index is 13.7. The number of sulfonamides is 1. The van der Waals surface area contributed by atoms with E-state index in [1.807, 2.05) is 0 Å². The first-order chi connectivity index (χ1) is 13.5. The number of carbonyl (C=O) groups excluding carboxylic acids is 1. The van der Waals surface area contributed by atoms with Gasteiger partial charge in [0, 0.05) is 24.8 Å². The van der Waals surface area contributed by atoms with Crippen LogP contribution < -0.4 is 10.1 Å². The number of anilines is 1. The molecule has 0 aliphatic heterocycles. The van der Waals surface area contributed by atoms with Gasteiger partial charge in [-0.15, -0.1) is 0 Å². The maximum atomic E-state index is 13.7. The number of hydrogen-bond donors (Lipinski definition) is 1. The number of rotatable bonds is 8. The fourth-order valence-electron chi connectivity index (χ4n) is 2.21. The van der Waals surface area contributed by atoms with Crippen molar-refractivity contribution in [2.24, 2.45) is 0 Å². The van der Waals surface area contributed by atoms with Gasteiger partial charge in [-0.05, 0) is 44.2 Å². The number of nitrogens with zero attached hydrogens (tertiary/aromatic N) is 2. The van der Waals surface area contributed by atoms with Crippen LogP contribution in [-0.2, 0) is 14.8 Å². The molecule has 0 aromatic heterocycles. The molecule has 1 amide bonds. The van der Waals surface area contributed by atoms with Gasteiger partial charge in [0.2, 0.25) is 10.0 Å². The topological polar surface area (TPSA) is 119 Å². The number of hydrogen-bond acceptors (Lipinski definition) is 6. The van der Waals surface area contributed by atoms with Crippen molar-refractivity contribution in [1.82, 2.24) is 4.31 Å². The van der Waals surface area contributed by atoms with E-state index in [2.05, 4.69) is 5.32 Å². The van der Waals surface area contributed by atoms with Crippen LogP contribution in [0, 0.1) is 15.9 Å². The lowest BCUT2D eigenvalue weighted by Gasteiger charge is -2.21. The van der Waals surface area contributed by atoms with Crippen LogP contribution in [0.4, 0.5) is 15.8 Å². The molecular weight excluding hydrogens is 405 g/mol. The van der Waals surface area contributed by atoms with Gasteiger partial charge in [-0.3, -0.25) is 14.9 Å². The molecule has 0 spiro atoms. The van der Waals surface area contributed by atoms with Crippen LogP contribution in [0.25, 0.3) is 0 Å². The summed E-state index contributed by atoms with van der Waals surface area (Å²) in [6.07, 6.45) is 0. The summed E-state index contributed by atoms with van der Waals surface area (Å²) in [7, 11) is -2.16. The van der Waals surface area contributed by atoms with Crippen LogP contribution in [0.5, 0.6) is 5.75 Å². The van der Waals surface area contributed by atoms with E-state index in [9.17, 15) is 27.7 Å². The summed E-state index contributed by atoms with van der Waals surface area (Å²) in [6, 6.07) is 8.17. The van der Waals surface area contributed by atoms with Crippen LogP contribution in [0.15, 0.2) is 47.4 Å². The van der Waals surface area contributed by atoms with E-state index in [4.69, 9.17) is 4.74 Å². The highest BCUT2D eigenvalue weighted by molar-refractivity contribution is 7.89. The number of non-ortho nitro benzene ring substituents is 1. The minimum absolute atomic E-state index is 0.0795. The average molecular weight is 425 g/mol. The van der Waals surface area contributed by atoms with Crippen molar-refractivity contribution in [2.75, 3.05) is 19.0 Å². The molecule has 0 saturated carbocycles. The molecule has 9 nitrogen and oxygen atoms in total. The second-order valence-corrected chi connectivity index (χ2v) is 8.35. The highest BCUT2D eigenvalue weighted by Gasteiger charge is 2.22. The van der Waals surface area contributed by atoms with Gasteiger partial charge in [0.25, 0.3) is 11.6 Å². The molecule has 2 rings (SSSR count). The zero-order valence-corrected chi connectivity index (χ0v) is 16.8. The molecule has 0 atom stereocenters. The summed E-state index contributed by atoms with van der Waals surface area (Å²) in [5.41, 5.74) is -0.105. The van der Waals surface area contributed by atoms with Crippen molar-refractivity contribution in [3.8, 4) is 5.75 Å². The first-order valence-electron chi connectivity index (χ1n) is 8.47. The van der Waals surface area contributed by atoms with E-state index in [0.29, 0.717) is 11.8 Å². The quantitative estimate of drug-likeness (QED) is 0.513. The molecule has 2 aromatic rings. The van der Waals surface area contributed by atoms with E-state index < -0.39 is 39.0 Å². The lowest BCUT2D eigenvalue weighted by atomic mass is 10.3. The van der Waals surface area contributed by atoms with Crippen molar-refractivity contribution in [3.05, 3.63) is 58.4 Å². The van der Waals surface area contributed by atoms with Gasteiger partial charge in [0.05, 0.1) is 15.9 Å². The lowest BCUT2D eigenvalue weighted by molar-refractivity contribution is -0.385. The zero-order valence-electron chi connectivity index (χ0n) is 16.0. The molecule has 0 aliphatic carbocycles. The summed E-state index contributed by atoms with van der Waals surface area (Å²) in [6.45, 7) is 2.96. The van der Waals surface area contributed by atoms with E-state index >= 15 is 0 Å². The number of nitro benzene ring substituents is 1. The van der Waals surface area contributed by atoms with Crippen molar-refractivity contribution in [3.63, 3.8) is 0 Å². The molecule has 2 aromatic carbocycles. The summed E-state index contributed by atoms with van der Waals surface area (Å²) in [4.78, 5) is 21.9. The van der Waals surface area contributed by atoms with Crippen LogP contribution in [0.1, 0.15) is 13.8 Å². The second kappa shape index (κ2) is 8.97. The number of amides is 1. The number of halogens is 1. The van der Waals surface area contributed by atoms with Crippen LogP contribution >= 0.6 is 0 Å². The van der Waals surface area contributed by atoms with Crippen molar-refractivity contribution >= 4 is 27.3 Å². The van der Waals surface area contributed by atoms with Gasteiger partial charge in [0.15, 0.2) is 18.2 Å². The van der Waals surface area contributed by atoms with Gasteiger partial charge in [0.1, 0.15) is 0 Å². The number of ether oxygens (including phenoxy) is 1. The normalized spacial score (nSPS) is 11.5. The van der Waals surface area contributed by atoms with Crippen LogP contribution in [0.2, 0.25) is 0 Å². The van der Waals surface area contributed by atoms with E-state index in [0.717, 1.165) is 12.1 Å². The Kier molecular flexibility index (Phi) is 6.88. The van der Waals surface area contributed by atoms with Gasteiger partial charge in [-0.1, -0.05) is 0 Å². The number of benzene rings is 2. The molecule has 0 unspecified atom stereocenters. The standard InChI is InChI=1S/C18H20FN3O6S/c1-12(2)21(3)29(26,27)15-7-4-13(5-8-15)20-18(23)11-28-17-9-6-14(22(24)25)10-16(17)19/h4-10,12H,11H2,1-3H3,(H,20,23). The smallest absolute Gasteiger partial charge is 0.272 e. The number of nitrogens with one attached hydrogen (secondary N) is 1. The maximum Gasteiger partial charge on any atom is 0.272 e. The molecule has 11 heteroatoms. The Bertz CT molecular complexity index is 1010. The Morgan fingerprint density at radius 1 is 1.24 bits per heavy atom. The molecule has 0 saturated heterocycles. The molecule has 0 bridgehead atoms. The Morgan fingerprint density at radius 3 is 2.38 bits per heavy atom. The van der Waals surface area contributed by atoms with Gasteiger partial charge in [-0.25, -0.2) is 12.8 Å². The van der Waals surface area contributed by atoms with Crippen molar-refractivity contribution in [1.29, 1.82) is 0 Å². The van der Waals surface area contributed by atoms with Crippen LogP contribution in [0.3, 0.4) is 0 Å². The third-order valence-corrected chi connectivity index (χ3v) is 6.08. The minimum Gasteiger partial charge on any atom is -0.481 e. The summed E-state index contributed by atoms with van der Waals surface area (Å²) in [5, 5.41) is 13.1. The largest absolute Gasteiger partial charge is 0.481 e. The third-order valence-electron chi connectivity index (χ3n) is 4.03. The molecule has 29 heavy (non-hydrogen) atoms. The Morgan fingerprint density at radius 2 is 1.86 bits per heavy atom. The summed E-state index contributed by atoms with van der Waals surface area (Å²) >= 11 is 0. The van der Waals surface area contributed by atoms with E-state index in [1.165, 1.54) is 35.6 Å². The fourth-order valence-corrected chi connectivity index (χ4v) is 3.58. The Hall–Kier alpha value is -3.05. The Labute approximate surface area is 167 Å². The summed E-state index contributed by atoms with van der Waals surface area (Å²) < 4.78 is 44.8. The predicted molar refractivity (Wildman–Crippen MR) is 104 cm³/mol. The lowest BCUT2D eigenvalue weighted by Crippen LogP contribution is -2.33. The van der Waals surface area contributed by atoms with Crippen LogP contribution in [-0.4, -0.2) is 43.2 Å². The van der Waals surface area contributed by atoms with Gasteiger partial charge >= 0.3 is 0 Å². The van der Waals surface area contributed by atoms with Gasteiger partial charge in [-0.2, -0.15) is 4.31 Å². The van der Waals surface area contributed by atoms with Crippen molar-refractivity contribution in [2.45, 2.75) is 24.8 Å². The minimum atomic E-state index is -3.64. The van der Waals surface area contributed by atoms with Gasteiger partial charge < -0.3 is 10.1 Å². The average Bonchev–Trinajstić information content (AvgIpc) is 2.66. The number of carbonyl (C=O) groups is 1. The fraction of sp³-hybridized carbons (Fsp3) is 0.278. The highest BCUT2D eigenvalue weighted by Crippen LogP contribution is 2.23. The zero-order chi connectivity index (χ0) is 21.8. The third kappa shape index (κ3) is 5.48. The molecule has 0 fully saturated rings. The number of nitro groups is 1. The molecular formula is C18H20FN3O6S. The summed E-state index contributed by atoms with van der Waals surface area (Å²) in [5.74, 6) is -1.88.